The molecule has 3 heteroatoms. The molecule has 1 saturated heterocycles. The normalized spacial score (nSPS) is 17.0. The summed E-state index contributed by atoms with van der Waals surface area (Å²) < 4.78 is 5.40. The average Bonchev–Trinajstić information content (AvgIpc) is 2.69. The van der Waals surface area contributed by atoms with Crippen molar-refractivity contribution in [2.45, 2.75) is 77.7 Å². The van der Waals surface area contributed by atoms with E-state index in [9.17, 15) is 5.11 Å². The van der Waals surface area contributed by atoms with E-state index in [1.807, 2.05) is 0 Å². The highest BCUT2D eigenvalue weighted by atomic mass is 16.5. The Morgan fingerprint density at radius 2 is 1.30 bits per heavy atom. The van der Waals surface area contributed by atoms with Crippen LogP contribution in [0.2, 0.25) is 0 Å². The first-order valence-electron chi connectivity index (χ1n) is 11.4. The molecule has 0 aromatic heterocycles. The molecule has 1 aliphatic heterocycles. The Balaban J connectivity index is 2.21. The predicted molar refractivity (Wildman–Crippen MR) is 125 cm³/mol. The smallest absolute Gasteiger partial charge is 0.139 e. The van der Waals surface area contributed by atoms with Crippen molar-refractivity contribution in [3.05, 3.63) is 58.7 Å². The summed E-state index contributed by atoms with van der Waals surface area (Å²) in [5.41, 5.74) is 4.46. The average molecular weight is 411 g/mol. The van der Waals surface area contributed by atoms with E-state index in [1.165, 1.54) is 43.5 Å². The first kappa shape index (κ1) is 22.7. The molecular formula is C27H40NO2+. The summed E-state index contributed by atoms with van der Waals surface area (Å²) >= 11 is 0. The van der Waals surface area contributed by atoms with Gasteiger partial charge in [-0.2, -0.15) is 0 Å². The molecular weight excluding hydrogens is 370 g/mol. The zero-order valence-electron chi connectivity index (χ0n) is 19.9. The van der Waals surface area contributed by atoms with Crippen molar-refractivity contribution in [1.82, 2.24) is 0 Å². The highest BCUT2D eigenvalue weighted by molar-refractivity contribution is 5.51. The molecule has 0 saturated carbocycles. The summed E-state index contributed by atoms with van der Waals surface area (Å²) in [6.07, 6.45) is 3.88. The summed E-state index contributed by atoms with van der Waals surface area (Å²) in [7, 11) is 1.72. The number of rotatable bonds is 4. The Hall–Kier alpha value is -2.00. The Bertz CT molecular complexity index is 815. The van der Waals surface area contributed by atoms with Crippen LogP contribution in [0.4, 0.5) is 0 Å². The van der Waals surface area contributed by atoms with Gasteiger partial charge in [-0.25, -0.2) is 0 Å². The number of piperidine rings is 1. The Labute approximate surface area is 183 Å². The minimum Gasteiger partial charge on any atom is -0.507 e. The van der Waals surface area contributed by atoms with Crippen molar-refractivity contribution >= 4 is 0 Å². The van der Waals surface area contributed by atoms with Gasteiger partial charge in [-0.1, -0.05) is 41.5 Å². The fraction of sp³-hybridized carbons (Fsp3) is 0.556. The van der Waals surface area contributed by atoms with Crippen molar-refractivity contribution in [1.29, 1.82) is 0 Å². The van der Waals surface area contributed by atoms with Crippen LogP contribution >= 0.6 is 0 Å². The number of nitrogens with one attached hydrogen (secondary N) is 1. The number of likely N-dealkylation sites (tertiary alicyclic amines) is 1. The highest BCUT2D eigenvalue weighted by Gasteiger charge is 2.33. The third-order valence-corrected chi connectivity index (χ3v) is 6.43. The first-order valence-corrected chi connectivity index (χ1v) is 11.4. The van der Waals surface area contributed by atoms with Crippen molar-refractivity contribution < 1.29 is 14.7 Å². The number of hydrogen-bond donors (Lipinski definition) is 2. The summed E-state index contributed by atoms with van der Waals surface area (Å²) in [6, 6.07) is 13.4. The number of ether oxygens (including phenoxy) is 1. The largest absolute Gasteiger partial charge is 0.507 e. The second-order valence-electron chi connectivity index (χ2n) is 10.9. The molecule has 1 aliphatic rings. The van der Waals surface area contributed by atoms with Gasteiger partial charge < -0.3 is 14.7 Å². The Kier molecular flexibility index (Phi) is 6.52. The van der Waals surface area contributed by atoms with Gasteiger partial charge in [-0.15, -0.1) is 0 Å². The van der Waals surface area contributed by atoms with E-state index in [4.69, 9.17) is 4.74 Å². The van der Waals surface area contributed by atoms with E-state index in [2.05, 4.69) is 77.9 Å². The highest BCUT2D eigenvalue weighted by Crippen LogP contribution is 2.41. The van der Waals surface area contributed by atoms with E-state index in [1.54, 1.807) is 12.0 Å². The van der Waals surface area contributed by atoms with E-state index in [0.717, 1.165) is 16.9 Å². The molecule has 0 amide bonds. The molecule has 2 N–H and O–H groups in total. The van der Waals surface area contributed by atoms with Crippen LogP contribution in [0.25, 0.3) is 0 Å². The Morgan fingerprint density at radius 1 is 0.800 bits per heavy atom. The first-order chi connectivity index (χ1) is 14.0. The summed E-state index contributed by atoms with van der Waals surface area (Å²) in [5, 5.41) is 11.2. The maximum atomic E-state index is 11.2. The molecule has 164 valence electrons. The fourth-order valence-corrected chi connectivity index (χ4v) is 4.72. The number of hydrogen-bond acceptors (Lipinski definition) is 2. The van der Waals surface area contributed by atoms with Crippen LogP contribution in [0.15, 0.2) is 36.4 Å². The van der Waals surface area contributed by atoms with E-state index in [0.29, 0.717) is 5.75 Å². The van der Waals surface area contributed by atoms with Crippen LogP contribution in [-0.2, 0) is 10.8 Å². The summed E-state index contributed by atoms with van der Waals surface area (Å²) in [5.74, 6) is 1.35. The second-order valence-corrected chi connectivity index (χ2v) is 10.9. The molecule has 2 aromatic carbocycles. The molecule has 0 spiro atoms. The van der Waals surface area contributed by atoms with Crippen molar-refractivity contribution in [2.24, 2.45) is 0 Å². The lowest BCUT2D eigenvalue weighted by Crippen LogP contribution is -3.13. The van der Waals surface area contributed by atoms with Crippen molar-refractivity contribution in [2.75, 3.05) is 20.2 Å². The number of methoxy groups -OCH3 is 1. The molecule has 1 fully saturated rings. The molecule has 1 atom stereocenters. The molecule has 3 rings (SSSR count). The monoisotopic (exact) mass is 410 g/mol. The van der Waals surface area contributed by atoms with Crippen LogP contribution in [0, 0.1) is 0 Å². The van der Waals surface area contributed by atoms with Gasteiger partial charge in [-0.05, 0) is 66.5 Å². The summed E-state index contributed by atoms with van der Waals surface area (Å²) in [6.45, 7) is 15.5. The number of aromatic hydroxyl groups is 1. The van der Waals surface area contributed by atoms with Crippen LogP contribution in [0.1, 0.15) is 89.1 Å². The number of phenols is 1. The van der Waals surface area contributed by atoms with Gasteiger partial charge in [0, 0.05) is 22.3 Å². The number of benzene rings is 2. The molecule has 0 bridgehead atoms. The second kappa shape index (κ2) is 8.63. The van der Waals surface area contributed by atoms with Gasteiger partial charge in [0.25, 0.3) is 0 Å². The van der Waals surface area contributed by atoms with Gasteiger partial charge in [0.15, 0.2) is 0 Å². The van der Waals surface area contributed by atoms with Crippen LogP contribution in [-0.4, -0.2) is 25.3 Å². The van der Waals surface area contributed by atoms with E-state index in [-0.39, 0.29) is 16.9 Å². The fourth-order valence-electron chi connectivity index (χ4n) is 4.72. The Morgan fingerprint density at radius 3 is 1.73 bits per heavy atom. The topological polar surface area (TPSA) is 33.9 Å². The predicted octanol–water partition coefficient (Wildman–Crippen LogP) is 5.15. The maximum absolute atomic E-state index is 11.2. The van der Waals surface area contributed by atoms with Crippen molar-refractivity contribution in [3.8, 4) is 11.5 Å². The van der Waals surface area contributed by atoms with Gasteiger partial charge >= 0.3 is 0 Å². The molecule has 2 aromatic rings. The minimum absolute atomic E-state index is 0.123. The quantitative estimate of drug-likeness (QED) is 0.730. The molecule has 0 unspecified atom stereocenters. The van der Waals surface area contributed by atoms with Gasteiger partial charge in [0.05, 0.1) is 20.2 Å². The van der Waals surface area contributed by atoms with Gasteiger partial charge in [-0.3, -0.25) is 0 Å². The van der Waals surface area contributed by atoms with E-state index >= 15 is 0 Å². The number of quaternary nitrogens is 1. The van der Waals surface area contributed by atoms with Crippen molar-refractivity contribution in [3.63, 3.8) is 0 Å². The molecule has 1 heterocycles. The lowest BCUT2D eigenvalue weighted by Gasteiger charge is -2.35. The zero-order chi connectivity index (χ0) is 22.1. The molecule has 0 radical (unpaired) electrons. The van der Waals surface area contributed by atoms with Crippen LogP contribution in [0.5, 0.6) is 11.5 Å². The molecule has 30 heavy (non-hydrogen) atoms. The van der Waals surface area contributed by atoms with Crippen LogP contribution in [0.3, 0.4) is 0 Å². The lowest BCUT2D eigenvalue weighted by molar-refractivity contribution is -0.930. The van der Waals surface area contributed by atoms with Gasteiger partial charge in [0.2, 0.25) is 0 Å². The maximum Gasteiger partial charge on any atom is 0.139 e. The molecule has 0 aliphatic carbocycles. The van der Waals surface area contributed by atoms with Gasteiger partial charge in [0.1, 0.15) is 17.5 Å². The summed E-state index contributed by atoms with van der Waals surface area (Å²) in [4.78, 5) is 1.62. The standard InChI is InChI=1S/C27H39NO2/c1-26(2,3)22-17-20(18-23(25(22)29)27(4,5)6)24(28-15-9-8-10-16-28)19-11-13-21(30-7)14-12-19/h11-14,17-18,24,29H,8-10,15-16H2,1-7H3/p+1/t24-/m0/s1. The third-order valence-electron chi connectivity index (χ3n) is 6.43. The third kappa shape index (κ3) is 4.83. The lowest BCUT2D eigenvalue weighted by atomic mass is 9.77. The SMILES string of the molecule is COc1ccc([C@@H](c2cc(C(C)(C)C)c(O)c(C(C)(C)C)c2)[NH+]2CCCCC2)cc1. The van der Waals surface area contributed by atoms with E-state index < -0.39 is 0 Å². The molecule has 3 nitrogen and oxygen atoms in total. The number of phenolic OH excluding ortho intramolecular Hbond substituents is 1. The van der Waals surface area contributed by atoms with Crippen LogP contribution < -0.4 is 9.64 Å². The minimum atomic E-state index is -0.123. The zero-order valence-corrected chi connectivity index (χ0v) is 19.9.